The number of imide groups is 2. The number of anilines is 3. The number of ether oxygens (including phenoxy) is 1. The number of carbonyl (C=O) groups excluding carboxylic acids is 6. The second-order valence-corrected chi connectivity index (χ2v) is 17.3. The Kier molecular flexibility index (Phi) is 15.8. The fourth-order valence-corrected chi connectivity index (χ4v) is 8.61. The number of fused-ring (bicyclic) bond motifs is 1. The van der Waals surface area contributed by atoms with Crippen LogP contribution in [0.5, 0.6) is 11.5 Å². The van der Waals surface area contributed by atoms with Gasteiger partial charge in [-0.2, -0.15) is 0 Å². The van der Waals surface area contributed by atoms with Crippen molar-refractivity contribution in [1.82, 2.24) is 35.4 Å². The van der Waals surface area contributed by atoms with Gasteiger partial charge in [0.1, 0.15) is 34.1 Å². The molecule has 1 unspecified atom stereocenters. The molecule has 2 aromatic carbocycles. The van der Waals surface area contributed by atoms with Crippen molar-refractivity contribution in [3.63, 3.8) is 0 Å². The molecule has 18 heteroatoms. The van der Waals surface area contributed by atoms with Gasteiger partial charge in [-0.25, -0.2) is 15.0 Å². The zero-order valence-electron chi connectivity index (χ0n) is 37.1. The molecule has 4 aliphatic rings. The molecule has 0 spiro atoms. The van der Waals surface area contributed by atoms with Crippen LogP contribution < -0.4 is 31.3 Å². The highest BCUT2D eigenvalue weighted by atomic mass is 32.1. The van der Waals surface area contributed by atoms with Gasteiger partial charge in [0.05, 0.1) is 17.3 Å². The molecule has 1 atom stereocenters. The average Bonchev–Trinajstić information content (AvgIpc) is 3.76. The molecule has 8 rings (SSSR count). The molecule has 2 aromatic heterocycles. The number of nitrogens with zero attached hydrogens (tertiary/aromatic N) is 6. The molecule has 3 aliphatic heterocycles. The van der Waals surface area contributed by atoms with E-state index in [0.29, 0.717) is 27.9 Å². The molecule has 0 saturated carbocycles. The first-order valence-electron chi connectivity index (χ1n) is 22.2. The normalized spacial score (nSPS) is 17.4. The van der Waals surface area contributed by atoms with E-state index >= 15 is 0 Å². The number of carbonyl (C=O) groups is 6. The van der Waals surface area contributed by atoms with Crippen molar-refractivity contribution in [3.8, 4) is 11.5 Å². The minimum Gasteiger partial charge on any atom is -0.457 e. The fourth-order valence-electron chi connectivity index (χ4n) is 8.03. The second-order valence-electron chi connectivity index (χ2n) is 16.3. The molecule has 17 nitrogen and oxygen atoms in total. The number of aromatic nitrogens is 3. The Hall–Kier alpha value is -7.05. The van der Waals surface area contributed by atoms with Crippen molar-refractivity contribution in [2.45, 2.75) is 77.7 Å². The Morgan fingerprint density at radius 3 is 2.39 bits per heavy atom. The van der Waals surface area contributed by atoms with E-state index in [-0.39, 0.29) is 42.2 Å². The molecule has 4 aromatic rings. The minimum atomic E-state index is -1.04. The smallest absolute Gasteiger partial charge is 0.267 e. The third kappa shape index (κ3) is 12.2. The third-order valence-corrected chi connectivity index (χ3v) is 12.3. The topological polar surface area (TPSA) is 222 Å². The number of likely N-dealkylation sites (tertiary alicyclic amines) is 1. The van der Waals surface area contributed by atoms with E-state index in [0.717, 1.165) is 110 Å². The van der Waals surface area contributed by atoms with E-state index in [9.17, 15) is 28.8 Å². The van der Waals surface area contributed by atoms with Gasteiger partial charge in [-0.15, -0.1) is 0 Å². The Morgan fingerprint density at radius 1 is 0.894 bits per heavy atom. The number of hydrogen-bond acceptors (Lipinski definition) is 14. The molecular formula is C48H54N10O7S. The van der Waals surface area contributed by atoms with Gasteiger partial charge < -0.3 is 26.0 Å². The molecule has 3 saturated heterocycles. The maximum absolute atomic E-state index is 13.3. The van der Waals surface area contributed by atoms with Gasteiger partial charge in [-0.1, -0.05) is 61.0 Å². The van der Waals surface area contributed by atoms with Gasteiger partial charge in [0.25, 0.3) is 17.7 Å². The van der Waals surface area contributed by atoms with Crippen LogP contribution in [0.25, 0.3) is 0 Å². The average molecular weight is 915 g/mol. The number of allylic oxidation sites excluding steroid dienone is 3. The number of unbranched alkanes of at least 4 members (excludes halogenated alkanes) is 4. The van der Waals surface area contributed by atoms with E-state index < -0.39 is 29.7 Å². The van der Waals surface area contributed by atoms with E-state index in [1.807, 2.05) is 74.6 Å². The van der Waals surface area contributed by atoms with Crippen molar-refractivity contribution in [2.75, 3.05) is 48.7 Å². The largest absolute Gasteiger partial charge is 0.457 e. The molecule has 5 N–H and O–H groups in total. The lowest BCUT2D eigenvalue weighted by atomic mass is 10.0. The minimum absolute atomic E-state index is 0.0523. The summed E-state index contributed by atoms with van der Waals surface area (Å²) in [5.74, 6) is 0.566. The number of amides is 6. The lowest BCUT2D eigenvalue weighted by molar-refractivity contribution is -0.149. The quantitative estimate of drug-likeness (QED) is 0.0825. The maximum Gasteiger partial charge on any atom is 0.267 e. The van der Waals surface area contributed by atoms with Crippen molar-refractivity contribution < 1.29 is 33.5 Å². The first-order valence-corrected chi connectivity index (χ1v) is 23.0. The molecule has 5 heterocycles. The summed E-state index contributed by atoms with van der Waals surface area (Å²) in [6.07, 6.45) is 14.0. The molecule has 1 aliphatic carbocycles. The maximum atomic E-state index is 13.3. The van der Waals surface area contributed by atoms with Crippen molar-refractivity contribution >= 4 is 63.4 Å². The number of rotatable bonds is 15. The van der Waals surface area contributed by atoms with Crippen LogP contribution in [0.4, 0.5) is 16.6 Å². The summed E-state index contributed by atoms with van der Waals surface area (Å²) in [5, 5.41) is 8.29. The van der Waals surface area contributed by atoms with Crippen LogP contribution in [0.3, 0.4) is 0 Å². The highest BCUT2D eigenvalue weighted by Gasteiger charge is 2.48. The highest BCUT2D eigenvalue weighted by Crippen LogP contribution is 2.33. The molecular weight excluding hydrogens is 861 g/mol. The van der Waals surface area contributed by atoms with Crippen LogP contribution in [0, 0.1) is 13.8 Å². The Bertz CT molecular complexity index is 2550. The predicted molar refractivity (Wildman–Crippen MR) is 250 cm³/mol. The third-order valence-electron chi connectivity index (χ3n) is 11.5. The molecule has 66 heavy (non-hydrogen) atoms. The Labute approximate surface area is 387 Å². The summed E-state index contributed by atoms with van der Waals surface area (Å²) >= 11 is 1.16. The van der Waals surface area contributed by atoms with Gasteiger partial charge in [0, 0.05) is 63.0 Å². The lowest BCUT2D eigenvalue weighted by Gasteiger charge is -2.35. The number of piperazine rings is 1. The van der Waals surface area contributed by atoms with Crippen LogP contribution in [-0.2, 0) is 24.0 Å². The number of para-hydroxylation sites is 1. The number of piperidine rings is 1. The van der Waals surface area contributed by atoms with Crippen LogP contribution in [-0.4, -0.2) is 99.0 Å². The highest BCUT2D eigenvalue weighted by molar-refractivity contribution is 7.17. The van der Waals surface area contributed by atoms with Crippen LogP contribution in [0.15, 0.2) is 102 Å². The summed E-state index contributed by atoms with van der Waals surface area (Å²) in [4.78, 5) is 94.1. The Morgan fingerprint density at radius 2 is 1.67 bits per heavy atom. The molecule has 0 bridgehead atoms. The van der Waals surface area contributed by atoms with Crippen molar-refractivity contribution in [2.24, 2.45) is 0 Å². The van der Waals surface area contributed by atoms with E-state index in [4.69, 9.17) is 10.5 Å². The zero-order chi connectivity index (χ0) is 46.6. The SMILES string of the molecule is Cc1cc(Oc2ccccc2)ccc1NC(=O)c1cnc(N)s1.Cc1nccc(N2CCN(CCCCCCCC(=O)NC3=C4C(=O)N(C5CCC(=O)NC5=O)C(=O)C4=CC=CC3)CC2)n1. The van der Waals surface area contributed by atoms with Gasteiger partial charge in [0.15, 0.2) is 5.13 Å². The first-order chi connectivity index (χ1) is 31.9. The van der Waals surface area contributed by atoms with Gasteiger partial charge >= 0.3 is 0 Å². The number of aryl methyl sites for hydroxylation is 2. The zero-order valence-corrected chi connectivity index (χ0v) is 37.9. The van der Waals surface area contributed by atoms with Gasteiger partial charge in [-0.3, -0.25) is 43.9 Å². The van der Waals surface area contributed by atoms with Crippen molar-refractivity contribution in [1.29, 1.82) is 0 Å². The number of nitrogens with one attached hydrogen (secondary N) is 3. The molecule has 0 radical (unpaired) electrons. The second kappa shape index (κ2) is 22.2. The van der Waals surface area contributed by atoms with E-state index in [1.54, 1.807) is 18.2 Å². The van der Waals surface area contributed by atoms with E-state index in [1.165, 1.54) is 6.20 Å². The summed E-state index contributed by atoms with van der Waals surface area (Å²) in [6.45, 7) is 8.86. The predicted octanol–water partition coefficient (Wildman–Crippen LogP) is 5.76. The lowest BCUT2D eigenvalue weighted by Crippen LogP contribution is -2.54. The summed E-state index contributed by atoms with van der Waals surface area (Å²) < 4.78 is 5.77. The summed E-state index contributed by atoms with van der Waals surface area (Å²) in [5.41, 5.74) is 7.83. The van der Waals surface area contributed by atoms with Crippen LogP contribution in [0.2, 0.25) is 0 Å². The molecule has 6 amide bonds. The van der Waals surface area contributed by atoms with Gasteiger partial charge in [-0.05, 0) is 87.7 Å². The summed E-state index contributed by atoms with van der Waals surface area (Å²) in [6, 6.07) is 16.0. The van der Waals surface area contributed by atoms with E-state index in [2.05, 4.69) is 40.7 Å². The number of nitrogens with two attached hydrogens (primary N) is 1. The van der Waals surface area contributed by atoms with Crippen LogP contribution in [0.1, 0.15) is 78.8 Å². The summed E-state index contributed by atoms with van der Waals surface area (Å²) in [7, 11) is 0. The van der Waals surface area contributed by atoms with Crippen molar-refractivity contribution in [3.05, 3.63) is 118 Å². The standard InChI is InChI=1S/C31H39N7O5.C17H15N3O2S/c1-21-32-15-14-25(33-21)37-19-17-36(18-20-37)16-8-4-2-3-5-11-26(39)34-23-10-7-6-9-22-28(23)31(43)38(30(22)42)24-12-13-27(40)35-29(24)41;1-11-9-13(22-12-5-3-2-4-6-12)7-8-14(11)20-16(21)15-10-19-17(18)23-15/h6-7,9,14-15,24H,2-5,8,10-13,16-20H2,1H3,(H,34,39)(H,35,40,41);2-10H,1H3,(H2,18,19)(H,20,21). The Balaban J connectivity index is 0.000000236. The number of thiazole rings is 1. The fraction of sp³-hybridized carbons (Fsp3) is 0.354. The number of nitrogen functional groups attached to an aromatic ring is 1. The molecule has 344 valence electrons. The van der Waals surface area contributed by atoms with Crippen LogP contribution >= 0.6 is 11.3 Å². The number of hydrogen-bond donors (Lipinski definition) is 4. The first kappa shape index (κ1) is 46.9. The molecule has 3 fully saturated rings. The van der Waals surface area contributed by atoms with Gasteiger partial charge in [0.2, 0.25) is 17.7 Å². The number of benzene rings is 2. The monoisotopic (exact) mass is 914 g/mol.